The van der Waals surface area contributed by atoms with Crippen LogP contribution in [0.1, 0.15) is 46.1 Å². The van der Waals surface area contributed by atoms with E-state index in [1.165, 1.54) is 23.0 Å². The SMILES string of the molecule is CC(C)(CC(=O)O)OC1=C2OC3CCN4C(=C3C=C2C=CC1=O)C(C)(C)c1ccccc14. The minimum Gasteiger partial charge on any atom is -0.481 e. The van der Waals surface area contributed by atoms with Gasteiger partial charge in [-0.25, -0.2) is 0 Å². The summed E-state index contributed by atoms with van der Waals surface area (Å²) in [6.45, 7) is 8.63. The van der Waals surface area contributed by atoms with Crippen LogP contribution in [-0.2, 0) is 24.5 Å². The standard InChI is InChI=1S/C26H27NO5/c1-25(2,14-21(29)30)32-23-19(28)10-9-15-13-16-20(31-22(15)23)11-12-27-18-8-6-5-7-17(18)26(3,4)24(16)27/h5-10,13,20H,11-12,14H2,1-4H3,(H,29,30). The van der Waals surface area contributed by atoms with Crippen molar-refractivity contribution in [2.45, 2.75) is 57.7 Å². The van der Waals surface area contributed by atoms with E-state index in [9.17, 15) is 14.7 Å². The zero-order valence-corrected chi connectivity index (χ0v) is 18.8. The van der Waals surface area contributed by atoms with Gasteiger partial charge in [0, 0.05) is 40.9 Å². The molecule has 1 unspecified atom stereocenters. The lowest BCUT2D eigenvalue weighted by Crippen LogP contribution is -2.40. The van der Waals surface area contributed by atoms with Gasteiger partial charge in [-0.2, -0.15) is 0 Å². The molecule has 0 radical (unpaired) electrons. The summed E-state index contributed by atoms with van der Waals surface area (Å²) in [5, 5.41) is 9.19. The van der Waals surface area contributed by atoms with Gasteiger partial charge in [-0.3, -0.25) is 9.59 Å². The second-order valence-corrected chi connectivity index (χ2v) is 9.88. The second kappa shape index (κ2) is 6.86. The quantitative estimate of drug-likeness (QED) is 0.759. The van der Waals surface area contributed by atoms with E-state index in [0.29, 0.717) is 5.76 Å². The van der Waals surface area contributed by atoms with Gasteiger partial charge >= 0.3 is 5.97 Å². The van der Waals surface area contributed by atoms with E-state index < -0.39 is 11.6 Å². The second-order valence-electron chi connectivity index (χ2n) is 9.88. The maximum atomic E-state index is 12.7. The van der Waals surface area contributed by atoms with Crippen molar-refractivity contribution in [1.82, 2.24) is 0 Å². The van der Waals surface area contributed by atoms with Crippen LogP contribution in [0.25, 0.3) is 0 Å². The molecule has 6 nitrogen and oxygen atoms in total. The highest BCUT2D eigenvalue weighted by Crippen LogP contribution is 2.53. The lowest BCUT2D eigenvalue weighted by Gasteiger charge is -2.40. The van der Waals surface area contributed by atoms with Gasteiger partial charge in [0.05, 0.1) is 6.42 Å². The Morgan fingerprint density at radius 2 is 2.03 bits per heavy atom. The van der Waals surface area contributed by atoms with Gasteiger partial charge in [0.15, 0.2) is 5.76 Å². The average Bonchev–Trinajstić information content (AvgIpc) is 2.96. The highest BCUT2D eigenvalue weighted by atomic mass is 16.5. The van der Waals surface area contributed by atoms with Gasteiger partial charge in [-0.15, -0.1) is 0 Å². The van der Waals surface area contributed by atoms with E-state index in [4.69, 9.17) is 9.47 Å². The number of aliphatic carboxylic acids is 1. The molecule has 6 heteroatoms. The van der Waals surface area contributed by atoms with E-state index in [1.54, 1.807) is 19.9 Å². The number of hydrogen-bond acceptors (Lipinski definition) is 5. The molecule has 1 N–H and O–H groups in total. The molecule has 1 aliphatic carbocycles. The molecule has 1 aromatic carbocycles. The molecule has 0 fully saturated rings. The summed E-state index contributed by atoms with van der Waals surface area (Å²) in [5.41, 5.74) is 4.48. The Labute approximate surface area is 187 Å². The number of nitrogens with zero attached hydrogens (tertiary/aromatic N) is 1. The van der Waals surface area contributed by atoms with Crippen molar-refractivity contribution in [1.29, 1.82) is 0 Å². The smallest absolute Gasteiger partial charge is 0.307 e. The van der Waals surface area contributed by atoms with Crippen molar-refractivity contribution >= 4 is 17.4 Å². The molecule has 0 spiro atoms. The Bertz CT molecular complexity index is 1160. The molecule has 5 rings (SSSR count). The van der Waals surface area contributed by atoms with Crippen LogP contribution in [0, 0.1) is 0 Å². The molecule has 0 amide bonds. The molecule has 4 aliphatic rings. The monoisotopic (exact) mass is 433 g/mol. The molecule has 1 aromatic rings. The van der Waals surface area contributed by atoms with Gasteiger partial charge in [0.25, 0.3) is 0 Å². The highest BCUT2D eigenvalue weighted by Gasteiger charge is 2.47. The zero-order valence-electron chi connectivity index (χ0n) is 18.8. The minimum absolute atomic E-state index is 0.0884. The third kappa shape index (κ3) is 3.08. The summed E-state index contributed by atoms with van der Waals surface area (Å²) in [6.07, 6.45) is 5.70. The fraction of sp³-hybridized carbons (Fsp3) is 0.385. The van der Waals surface area contributed by atoms with Crippen molar-refractivity contribution in [2.75, 3.05) is 11.4 Å². The Kier molecular flexibility index (Phi) is 4.42. The number of benzene rings is 1. The Balaban J connectivity index is 1.61. The number of carboxylic acids is 1. The number of ketones is 1. The molecule has 1 atom stereocenters. The van der Waals surface area contributed by atoms with Crippen molar-refractivity contribution in [3.8, 4) is 0 Å². The number of rotatable bonds is 4. The Morgan fingerprint density at radius 3 is 2.78 bits per heavy atom. The first kappa shape index (κ1) is 20.6. The van der Waals surface area contributed by atoms with Gasteiger partial charge in [-0.1, -0.05) is 32.0 Å². The molecule has 3 heterocycles. The van der Waals surface area contributed by atoms with Gasteiger partial charge < -0.3 is 19.5 Å². The zero-order chi connectivity index (χ0) is 22.8. The van der Waals surface area contributed by atoms with Crippen molar-refractivity contribution in [3.05, 3.63) is 76.4 Å². The lowest BCUT2D eigenvalue weighted by molar-refractivity contribution is -0.143. The predicted octanol–water partition coefficient (Wildman–Crippen LogP) is 4.39. The van der Waals surface area contributed by atoms with Crippen LogP contribution < -0.4 is 4.90 Å². The molecule has 166 valence electrons. The van der Waals surface area contributed by atoms with E-state index in [-0.39, 0.29) is 29.5 Å². The van der Waals surface area contributed by atoms with Crippen LogP contribution in [0.2, 0.25) is 0 Å². The van der Waals surface area contributed by atoms with Crippen LogP contribution in [0.15, 0.2) is 70.9 Å². The Morgan fingerprint density at radius 1 is 1.28 bits per heavy atom. The molecular weight excluding hydrogens is 406 g/mol. The first-order valence-electron chi connectivity index (χ1n) is 11.0. The first-order chi connectivity index (χ1) is 15.1. The number of anilines is 1. The van der Waals surface area contributed by atoms with Crippen molar-refractivity contribution < 1.29 is 24.2 Å². The van der Waals surface area contributed by atoms with Crippen LogP contribution in [-0.4, -0.2) is 35.1 Å². The number of fused-ring (bicyclic) bond motifs is 5. The molecule has 32 heavy (non-hydrogen) atoms. The average molecular weight is 434 g/mol. The summed E-state index contributed by atoms with van der Waals surface area (Å²) in [6, 6.07) is 8.51. The molecular formula is C26H27NO5. The predicted molar refractivity (Wildman–Crippen MR) is 120 cm³/mol. The third-order valence-electron chi connectivity index (χ3n) is 6.60. The number of para-hydroxylation sites is 1. The van der Waals surface area contributed by atoms with Crippen LogP contribution >= 0.6 is 0 Å². The first-order valence-corrected chi connectivity index (χ1v) is 11.0. The van der Waals surface area contributed by atoms with E-state index >= 15 is 0 Å². The molecule has 0 saturated carbocycles. The maximum Gasteiger partial charge on any atom is 0.307 e. The normalized spacial score (nSPS) is 23.1. The van der Waals surface area contributed by atoms with Crippen LogP contribution in [0.3, 0.4) is 0 Å². The van der Waals surface area contributed by atoms with Crippen molar-refractivity contribution in [2.24, 2.45) is 0 Å². The lowest BCUT2D eigenvalue weighted by atomic mass is 9.79. The fourth-order valence-corrected chi connectivity index (χ4v) is 5.29. The molecule has 0 aromatic heterocycles. The number of carboxylic acid groups (broad SMARTS) is 1. The van der Waals surface area contributed by atoms with E-state index in [1.807, 2.05) is 0 Å². The fourth-order valence-electron chi connectivity index (χ4n) is 5.29. The van der Waals surface area contributed by atoms with Crippen LogP contribution in [0.4, 0.5) is 5.69 Å². The topological polar surface area (TPSA) is 76.1 Å². The van der Waals surface area contributed by atoms with Crippen LogP contribution in [0.5, 0.6) is 0 Å². The number of carbonyl (C=O) groups excluding carboxylic acids is 1. The summed E-state index contributed by atoms with van der Waals surface area (Å²) in [4.78, 5) is 26.3. The molecule has 0 bridgehead atoms. The number of hydrogen-bond donors (Lipinski definition) is 1. The van der Waals surface area contributed by atoms with Crippen molar-refractivity contribution in [3.63, 3.8) is 0 Å². The minimum atomic E-state index is -1.04. The summed E-state index contributed by atoms with van der Waals surface area (Å²) in [7, 11) is 0. The van der Waals surface area contributed by atoms with E-state index in [2.05, 4.69) is 49.1 Å². The van der Waals surface area contributed by atoms with Gasteiger partial charge in [-0.05, 0) is 43.7 Å². The summed E-state index contributed by atoms with van der Waals surface area (Å²) in [5.74, 6) is -0.794. The van der Waals surface area contributed by atoms with E-state index in [0.717, 1.165) is 24.1 Å². The third-order valence-corrected chi connectivity index (χ3v) is 6.60. The summed E-state index contributed by atoms with van der Waals surface area (Å²) < 4.78 is 12.3. The number of ether oxygens (including phenoxy) is 2. The molecule has 0 saturated heterocycles. The highest BCUT2D eigenvalue weighted by molar-refractivity contribution is 6.05. The maximum absolute atomic E-state index is 12.7. The summed E-state index contributed by atoms with van der Waals surface area (Å²) >= 11 is 0. The molecule has 3 aliphatic heterocycles. The van der Waals surface area contributed by atoms with Gasteiger partial charge in [0.1, 0.15) is 11.7 Å². The Hall–Kier alpha value is -3.28. The largest absolute Gasteiger partial charge is 0.481 e. The number of carbonyl (C=O) groups is 2. The number of allylic oxidation sites excluding steroid dienone is 3. The van der Waals surface area contributed by atoms with Gasteiger partial charge in [0.2, 0.25) is 11.5 Å².